The molecule has 0 aliphatic rings. The monoisotopic (exact) mass is 249 g/mol. The summed E-state index contributed by atoms with van der Waals surface area (Å²) in [6.07, 6.45) is 1.98. The van der Waals surface area contributed by atoms with Gasteiger partial charge in [-0.05, 0) is 32.4 Å². The SMILES string of the molecule is CNCc1cnc(C)cc1N(C)C(C)C(C)(C)C. The van der Waals surface area contributed by atoms with E-state index in [-0.39, 0.29) is 5.41 Å². The van der Waals surface area contributed by atoms with Crippen LogP contribution in [0.15, 0.2) is 12.3 Å². The molecule has 0 spiro atoms. The number of hydrogen-bond acceptors (Lipinski definition) is 3. The molecule has 0 amide bonds. The number of hydrogen-bond donors (Lipinski definition) is 1. The van der Waals surface area contributed by atoms with Crippen LogP contribution in [0.3, 0.4) is 0 Å². The van der Waals surface area contributed by atoms with E-state index in [4.69, 9.17) is 0 Å². The van der Waals surface area contributed by atoms with E-state index < -0.39 is 0 Å². The lowest BCUT2D eigenvalue weighted by Crippen LogP contribution is -2.40. The minimum atomic E-state index is 0.253. The fourth-order valence-corrected chi connectivity index (χ4v) is 2.02. The van der Waals surface area contributed by atoms with Crippen molar-refractivity contribution < 1.29 is 0 Å². The topological polar surface area (TPSA) is 28.2 Å². The molecule has 3 heteroatoms. The molecule has 1 N–H and O–H groups in total. The van der Waals surface area contributed by atoms with E-state index in [1.165, 1.54) is 11.3 Å². The quantitative estimate of drug-likeness (QED) is 0.889. The molecule has 0 radical (unpaired) electrons. The normalized spacial score (nSPS) is 13.5. The van der Waals surface area contributed by atoms with Gasteiger partial charge < -0.3 is 10.2 Å². The zero-order valence-corrected chi connectivity index (χ0v) is 12.8. The second-order valence-electron chi connectivity index (χ2n) is 6.14. The summed E-state index contributed by atoms with van der Waals surface area (Å²) >= 11 is 0. The van der Waals surface area contributed by atoms with Gasteiger partial charge in [0.2, 0.25) is 0 Å². The number of nitrogens with zero attached hydrogens (tertiary/aromatic N) is 2. The van der Waals surface area contributed by atoms with E-state index in [0.717, 1.165) is 12.2 Å². The first-order valence-electron chi connectivity index (χ1n) is 6.60. The van der Waals surface area contributed by atoms with Crippen LogP contribution in [0, 0.1) is 12.3 Å². The number of rotatable bonds is 4. The second-order valence-corrected chi connectivity index (χ2v) is 6.14. The summed E-state index contributed by atoms with van der Waals surface area (Å²) in [4.78, 5) is 6.76. The molecule has 1 aromatic heterocycles. The van der Waals surface area contributed by atoms with Crippen molar-refractivity contribution in [3.63, 3.8) is 0 Å². The van der Waals surface area contributed by atoms with Crippen molar-refractivity contribution in [3.8, 4) is 0 Å². The van der Waals surface area contributed by atoms with Gasteiger partial charge in [-0.15, -0.1) is 0 Å². The van der Waals surface area contributed by atoms with Gasteiger partial charge in [0.05, 0.1) is 0 Å². The molecular weight excluding hydrogens is 222 g/mol. The van der Waals surface area contributed by atoms with Gasteiger partial charge in [-0.25, -0.2) is 0 Å². The standard InChI is InChI=1S/C15H27N3/c1-11-8-14(13(9-16-6)10-17-11)18(7)12(2)15(3,4)5/h8,10,12,16H,9H2,1-7H3. The summed E-state index contributed by atoms with van der Waals surface area (Å²) in [5, 5.41) is 3.21. The highest BCUT2D eigenvalue weighted by molar-refractivity contribution is 5.54. The van der Waals surface area contributed by atoms with Gasteiger partial charge in [-0.2, -0.15) is 0 Å². The predicted octanol–water partition coefficient (Wildman–Crippen LogP) is 2.98. The highest BCUT2D eigenvalue weighted by Gasteiger charge is 2.25. The van der Waals surface area contributed by atoms with Crippen molar-refractivity contribution in [3.05, 3.63) is 23.5 Å². The molecule has 1 rings (SSSR count). The number of aromatic nitrogens is 1. The minimum Gasteiger partial charge on any atom is -0.371 e. The van der Waals surface area contributed by atoms with Gasteiger partial charge in [0, 0.05) is 42.8 Å². The van der Waals surface area contributed by atoms with Crippen molar-refractivity contribution >= 4 is 5.69 Å². The molecule has 0 fully saturated rings. The van der Waals surface area contributed by atoms with Crippen molar-refractivity contribution in [2.75, 3.05) is 19.0 Å². The molecule has 0 saturated heterocycles. The third-order valence-corrected chi connectivity index (χ3v) is 3.68. The molecule has 1 heterocycles. The number of anilines is 1. The van der Waals surface area contributed by atoms with Crippen LogP contribution in [0.4, 0.5) is 5.69 Å². The van der Waals surface area contributed by atoms with Crippen molar-refractivity contribution in [2.45, 2.75) is 47.2 Å². The highest BCUT2D eigenvalue weighted by atomic mass is 15.1. The molecule has 0 aromatic carbocycles. The Balaban J connectivity index is 3.10. The van der Waals surface area contributed by atoms with Crippen molar-refractivity contribution in [1.29, 1.82) is 0 Å². The largest absolute Gasteiger partial charge is 0.371 e. The van der Waals surface area contributed by atoms with Crippen molar-refractivity contribution in [1.82, 2.24) is 10.3 Å². The van der Waals surface area contributed by atoms with Crippen LogP contribution in [0.25, 0.3) is 0 Å². The molecule has 0 aliphatic heterocycles. The first-order valence-corrected chi connectivity index (χ1v) is 6.60. The Morgan fingerprint density at radius 1 is 1.39 bits per heavy atom. The third-order valence-electron chi connectivity index (χ3n) is 3.68. The minimum absolute atomic E-state index is 0.253. The van der Waals surface area contributed by atoms with Crippen LogP contribution in [0.2, 0.25) is 0 Å². The Hall–Kier alpha value is -1.09. The van der Waals surface area contributed by atoms with Crippen LogP contribution >= 0.6 is 0 Å². The number of pyridine rings is 1. The molecule has 0 saturated carbocycles. The Morgan fingerprint density at radius 3 is 2.50 bits per heavy atom. The summed E-state index contributed by atoms with van der Waals surface area (Å²) in [6.45, 7) is 12.0. The number of nitrogens with one attached hydrogen (secondary N) is 1. The lowest BCUT2D eigenvalue weighted by atomic mass is 9.86. The van der Waals surface area contributed by atoms with E-state index in [1.54, 1.807) is 0 Å². The lowest BCUT2D eigenvalue weighted by molar-refractivity contribution is 0.329. The fraction of sp³-hybridized carbons (Fsp3) is 0.667. The summed E-state index contributed by atoms with van der Waals surface area (Å²) in [6, 6.07) is 2.64. The molecular formula is C15H27N3. The molecule has 3 nitrogen and oxygen atoms in total. The van der Waals surface area contributed by atoms with Crippen LogP contribution < -0.4 is 10.2 Å². The van der Waals surface area contributed by atoms with Crippen LogP contribution in [0.1, 0.15) is 39.0 Å². The van der Waals surface area contributed by atoms with E-state index in [9.17, 15) is 0 Å². The molecule has 18 heavy (non-hydrogen) atoms. The zero-order valence-electron chi connectivity index (χ0n) is 12.8. The molecule has 1 aromatic rings. The summed E-state index contributed by atoms with van der Waals surface area (Å²) in [5.74, 6) is 0. The van der Waals surface area contributed by atoms with Crippen molar-refractivity contribution in [2.24, 2.45) is 5.41 Å². The maximum atomic E-state index is 4.40. The molecule has 1 unspecified atom stereocenters. The second kappa shape index (κ2) is 5.70. The summed E-state index contributed by atoms with van der Waals surface area (Å²) in [7, 11) is 4.14. The average Bonchev–Trinajstić information content (AvgIpc) is 2.28. The maximum Gasteiger partial charge on any atom is 0.0445 e. The van der Waals surface area contributed by atoms with E-state index >= 15 is 0 Å². The van der Waals surface area contributed by atoms with Crippen LogP contribution in [0.5, 0.6) is 0 Å². The maximum absolute atomic E-state index is 4.40. The Bertz CT molecular complexity index is 393. The summed E-state index contributed by atoms with van der Waals surface area (Å²) in [5.41, 5.74) is 3.85. The van der Waals surface area contributed by atoms with Gasteiger partial charge in [0.1, 0.15) is 0 Å². The molecule has 102 valence electrons. The smallest absolute Gasteiger partial charge is 0.0445 e. The average molecular weight is 249 g/mol. The van der Waals surface area contributed by atoms with E-state index in [0.29, 0.717) is 6.04 Å². The lowest BCUT2D eigenvalue weighted by Gasteiger charge is -2.38. The van der Waals surface area contributed by atoms with E-state index in [1.807, 2.05) is 20.2 Å². The zero-order chi connectivity index (χ0) is 13.9. The van der Waals surface area contributed by atoms with Gasteiger partial charge in [0.25, 0.3) is 0 Å². The Morgan fingerprint density at radius 2 is 2.00 bits per heavy atom. The highest BCUT2D eigenvalue weighted by Crippen LogP contribution is 2.29. The van der Waals surface area contributed by atoms with Gasteiger partial charge in [-0.1, -0.05) is 20.8 Å². The molecule has 1 atom stereocenters. The first kappa shape index (κ1) is 15.0. The third kappa shape index (κ3) is 3.45. The fourth-order valence-electron chi connectivity index (χ4n) is 2.02. The molecule has 0 aliphatic carbocycles. The van der Waals surface area contributed by atoms with Gasteiger partial charge in [-0.3, -0.25) is 4.98 Å². The molecule has 0 bridgehead atoms. The Labute approximate surface area is 112 Å². The first-order chi connectivity index (χ1) is 8.27. The van der Waals surface area contributed by atoms with Crippen LogP contribution in [-0.4, -0.2) is 25.1 Å². The Kier molecular flexibility index (Phi) is 4.74. The van der Waals surface area contributed by atoms with E-state index in [2.05, 4.69) is 56.0 Å². The summed E-state index contributed by atoms with van der Waals surface area (Å²) < 4.78 is 0. The van der Waals surface area contributed by atoms with Crippen LogP contribution in [-0.2, 0) is 6.54 Å². The number of aryl methyl sites for hydroxylation is 1. The van der Waals surface area contributed by atoms with Gasteiger partial charge >= 0.3 is 0 Å². The predicted molar refractivity (Wildman–Crippen MR) is 79.1 cm³/mol. The van der Waals surface area contributed by atoms with Gasteiger partial charge in [0.15, 0.2) is 0 Å².